The Kier molecular flexibility index (Phi) is 3.40. The molecular weight excluding hydrogens is 198 g/mol. The van der Waals surface area contributed by atoms with Gasteiger partial charge in [0.25, 0.3) is 0 Å². The summed E-state index contributed by atoms with van der Waals surface area (Å²) in [6, 6.07) is 10.3. The van der Waals surface area contributed by atoms with Crippen LogP contribution in [0.1, 0.15) is 25.8 Å². The normalized spacial score (nSPS) is 22.8. The van der Waals surface area contributed by atoms with Crippen LogP contribution in [-0.2, 0) is 11.3 Å². The van der Waals surface area contributed by atoms with Crippen molar-refractivity contribution in [2.45, 2.75) is 32.9 Å². The fraction of sp³-hybridized carbons (Fsp3) is 0.357. The zero-order chi connectivity index (χ0) is 11.4. The van der Waals surface area contributed by atoms with E-state index in [1.54, 1.807) is 0 Å². The summed E-state index contributed by atoms with van der Waals surface area (Å²) < 4.78 is 5.55. The van der Waals surface area contributed by atoms with E-state index in [0.29, 0.717) is 0 Å². The minimum absolute atomic E-state index is 0.250. The Labute approximate surface area is 96.7 Å². The lowest BCUT2D eigenvalue weighted by molar-refractivity contribution is 0.134. The molecule has 0 aliphatic carbocycles. The van der Waals surface area contributed by atoms with E-state index in [9.17, 15) is 0 Å². The number of allylic oxidation sites excluding steroid dienone is 2. The number of ether oxygens (including phenoxy) is 1. The van der Waals surface area contributed by atoms with Gasteiger partial charge in [0, 0.05) is 12.1 Å². The van der Waals surface area contributed by atoms with Crippen molar-refractivity contribution in [2.24, 2.45) is 4.99 Å². The third-order valence-corrected chi connectivity index (χ3v) is 2.56. The summed E-state index contributed by atoms with van der Waals surface area (Å²) in [4.78, 5) is 4.61. The maximum Gasteiger partial charge on any atom is 0.101 e. The number of benzene rings is 1. The van der Waals surface area contributed by atoms with E-state index in [-0.39, 0.29) is 6.10 Å². The van der Waals surface area contributed by atoms with Crippen molar-refractivity contribution in [3.63, 3.8) is 0 Å². The third-order valence-electron chi connectivity index (χ3n) is 2.56. The van der Waals surface area contributed by atoms with Crippen LogP contribution in [0.4, 0.5) is 0 Å². The van der Waals surface area contributed by atoms with Crippen LogP contribution in [0.2, 0.25) is 0 Å². The van der Waals surface area contributed by atoms with Crippen LogP contribution >= 0.6 is 0 Å². The van der Waals surface area contributed by atoms with E-state index in [1.165, 1.54) is 5.56 Å². The topological polar surface area (TPSA) is 21.6 Å². The summed E-state index contributed by atoms with van der Waals surface area (Å²) >= 11 is 0. The van der Waals surface area contributed by atoms with Crippen LogP contribution in [-0.4, -0.2) is 11.8 Å². The van der Waals surface area contributed by atoms with Gasteiger partial charge in [-0.05, 0) is 25.5 Å². The first-order chi connectivity index (χ1) is 7.74. The van der Waals surface area contributed by atoms with Gasteiger partial charge in [-0.2, -0.15) is 0 Å². The van der Waals surface area contributed by atoms with Crippen LogP contribution < -0.4 is 0 Å². The molecule has 84 valence electrons. The Morgan fingerprint density at radius 3 is 2.75 bits per heavy atom. The number of hydrogen-bond donors (Lipinski definition) is 0. The average Bonchev–Trinajstić information content (AvgIpc) is 2.27. The minimum atomic E-state index is 0.250. The van der Waals surface area contributed by atoms with Crippen molar-refractivity contribution < 1.29 is 4.74 Å². The highest BCUT2D eigenvalue weighted by Gasteiger charge is 2.13. The standard InChI is InChI=1S/C14H17NO/c1-11-8-14(9-12(2)16-11)15-10-13-6-4-3-5-7-13/h3-8,12H,9-10H2,1-2H3. The zero-order valence-electron chi connectivity index (χ0n) is 9.81. The molecule has 1 aromatic carbocycles. The van der Waals surface area contributed by atoms with Gasteiger partial charge in [0.1, 0.15) is 6.10 Å². The minimum Gasteiger partial charge on any atom is -0.495 e. The summed E-state index contributed by atoms with van der Waals surface area (Å²) in [5.74, 6) is 0.963. The lowest BCUT2D eigenvalue weighted by atomic mass is 10.1. The molecular formula is C14H17NO. The molecule has 2 heteroatoms. The van der Waals surface area contributed by atoms with Crippen LogP contribution in [0.3, 0.4) is 0 Å². The number of nitrogens with zero attached hydrogens (tertiary/aromatic N) is 1. The van der Waals surface area contributed by atoms with Crippen molar-refractivity contribution in [3.05, 3.63) is 47.7 Å². The van der Waals surface area contributed by atoms with Crippen molar-refractivity contribution >= 4 is 5.71 Å². The summed E-state index contributed by atoms with van der Waals surface area (Å²) in [7, 11) is 0. The van der Waals surface area contributed by atoms with E-state index in [4.69, 9.17) is 4.74 Å². The van der Waals surface area contributed by atoms with Gasteiger partial charge in [-0.25, -0.2) is 0 Å². The van der Waals surface area contributed by atoms with E-state index in [1.807, 2.05) is 31.2 Å². The SMILES string of the molecule is CC1=CC(=NCc2ccccc2)CC(C)O1. The molecule has 1 aliphatic rings. The predicted molar refractivity (Wildman–Crippen MR) is 66.5 cm³/mol. The monoisotopic (exact) mass is 215 g/mol. The fourth-order valence-electron chi connectivity index (χ4n) is 1.87. The van der Waals surface area contributed by atoms with Gasteiger partial charge in [0.2, 0.25) is 0 Å². The molecule has 2 rings (SSSR count). The molecule has 0 amide bonds. The van der Waals surface area contributed by atoms with Crippen LogP contribution in [0.5, 0.6) is 0 Å². The molecule has 1 heterocycles. The zero-order valence-corrected chi connectivity index (χ0v) is 9.81. The molecule has 0 saturated carbocycles. The third kappa shape index (κ3) is 2.96. The van der Waals surface area contributed by atoms with Gasteiger partial charge in [-0.3, -0.25) is 4.99 Å². The second-order valence-electron chi connectivity index (χ2n) is 4.18. The second kappa shape index (κ2) is 4.97. The Hall–Kier alpha value is -1.57. The van der Waals surface area contributed by atoms with Crippen LogP contribution in [0.25, 0.3) is 0 Å². The van der Waals surface area contributed by atoms with E-state index in [2.05, 4.69) is 24.0 Å². The molecule has 0 radical (unpaired) electrons. The highest BCUT2D eigenvalue weighted by atomic mass is 16.5. The first kappa shape index (κ1) is 10.9. The lowest BCUT2D eigenvalue weighted by Gasteiger charge is -2.20. The molecule has 1 unspecified atom stereocenters. The average molecular weight is 215 g/mol. The highest BCUT2D eigenvalue weighted by molar-refractivity contribution is 5.96. The summed E-state index contributed by atoms with van der Waals surface area (Å²) in [5, 5.41) is 0. The molecule has 0 spiro atoms. The molecule has 0 saturated heterocycles. The fourth-order valence-corrected chi connectivity index (χ4v) is 1.87. The van der Waals surface area contributed by atoms with Gasteiger partial charge in [0.05, 0.1) is 12.3 Å². The first-order valence-electron chi connectivity index (χ1n) is 5.66. The van der Waals surface area contributed by atoms with Crippen molar-refractivity contribution in [2.75, 3.05) is 0 Å². The summed E-state index contributed by atoms with van der Waals surface area (Å²) in [6.07, 6.45) is 3.19. The molecule has 0 fully saturated rings. The van der Waals surface area contributed by atoms with Gasteiger partial charge in [0.15, 0.2) is 0 Å². The van der Waals surface area contributed by atoms with E-state index in [0.717, 1.165) is 24.4 Å². The van der Waals surface area contributed by atoms with Crippen molar-refractivity contribution in [1.29, 1.82) is 0 Å². The Balaban J connectivity index is 2.05. The maximum atomic E-state index is 5.55. The molecule has 16 heavy (non-hydrogen) atoms. The van der Waals surface area contributed by atoms with Gasteiger partial charge in [-0.15, -0.1) is 0 Å². The number of hydrogen-bond acceptors (Lipinski definition) is 2. The molecule has 1 aliphatic heterocycles. The predicted octanol–water partition coefficient (Wildman–Crippen LogP) is 3.34. The quantitative estimate of drug-likeness (QED) is 0.741. The van der Waals surface area contributed by atoms with Crippen LogP contribution in [0, 0.1) is 0 Å². The van der Waals surface area contributed by atoms with Crippen molar-refractivity contribution in [3.8, 4) is 0 Å². The Morgan fingerprint density at radius 1 is 1.31 bits per heavy atom. The molecule has 0 bridgehead atoms. The maximum absolute atomic E-state index is 5.55. The highest BCUT2D eigenvalue weighted by Crippen LogP contribution is 2.15. The van der Waals surface area contributed by atoms with Crippen LogP contribution in [0.15, 0.2) is 47.2 Å². The molecule has 0 N–H and O–H groups in total. The molecule has 2 nitrogen and oxygen atoms in total. The Morgan fingerprint density at radius 2 is 2.06 bits per heavy atom. The molecule has 0 aromatic heterocycles. The van der Waals surface area contributed by atoms with E-state index >= 15 is 0 Å². The largest absolute Gasteiger partial charge is 0.495 e. The summed E-state index contributed by atoms with van der Waals surface area (Å²) in [6.45, 7) is 4.81. The van der Waals surface area contributed by atoms with E-state index < -0.39 is 0 Å². The molecule has 1 atom stereocenters. The second-order valence-corrected chi connectivity index (χ2v) is 4.18. The first-order valence-corrected chi connectivity index (χ1v) is 5.66. The number of rotatable bonds is 2. The lowest BCUT2D eigenvalue weighted by Crippen LogP contribution is -2.18. The molecule has 1 aromatic rings. The van der Waals surface area contributed by atoms with Crippen molar-refractivity contribution in [1.82, 2.24) is 0 Å². The van der Waals surface area contributed by atoms with Gasteiger partial charge in [-0.1, -0.05) is 30.3 Å². The smallest absolute Gasteiger partial charge is 0.101 e. The van der Waals surface area contributed by atoms with Gasteiger partial charge >= 0.3 is 0 Å². The Bertz CT molecular complexity index is 406. The van der Waals surface area contributed by atoms with Gasteiger partial charge < -0.3 is 4.74 Å². The number of aliphatic imine (C=N–C) groups is 1. The summed E-state index contributed by atoms with van der Waals surface area (Å²) in [5.41, 5.74) is 2.39.